The van der Waals surface area contributed by atoms with Gasteiger partial charge in [0.15, 0.2) is 17.2 Å². The molecule has 0 radical (unpaired) electrons. The molecule has 0 aliphatic heterocycles. The first-order chi connectivity index (χ1) is 15.7. The molecular formula is C27H25N3OP+. The molecule has 0 saturated carbocycles. The molecule has 3 aromatic carbocycles. The summed E-state index contributed by atoms with van der Waals surface area (Å²) in [6, 6.07) is 36.4. The lowest BCUT2D eigenvalue weighted by Gasteiger charge is -2.26. The Bertz CT molecular complexity index is 1240. The maximum atomic E-state index is 5.57. The Morgan fingerprint density at radius 1 is 0.719 bits per heavy atom. The number of methoxy groups -OCH3 is 1. The number of aryl methyl sites for hydroxylation is 1. The van der Waals surface area contributed by atoms with Gasteiger partial charge in [-0.25, -0.2) is 9.50 Å². The Kier molecular flexibility index (Phi) is 5.46. The van der Waals surface area contributed by atoms with E-state index in [1.165, 1.54) is 15.9 Å². The highest BCUT2D eigenvalue weighted by Gasteiger charge is 2.46. The average molecular weight is 438 g/mol. The summed E-state index contributed by atoms with van der Waals surface area (Å²) in [5.74, 6) is 1.56. The van der Waals surface area contributed by atoms with Crippen LogP contribution >= 0.6 is 7.26 Å². The smallest absolute Gasteiger partial charge is 0.198 e. The van der Waals surface area contributed by atoms with E-state index in [1.807, 2.05) is 23.6 Å². The van der Waals surface area contributed by atoms with Gasteiger partial charge in [0.05, 0.1) is 7.11 Å². The van der Waals surface area contributed by atoms with Crippen LogP contribution in [-0.2, 0) is 6.16 Å². The minimum atomic E-state index is -2.05. The first kappa shape index (κ1) is 20.4. The van der Waals surface area contributed by atoms with Gasteiger partial charge in [-0.1, -0.05) is 54.6 Å². The van der Waals surface area contributed by atoms with Gasteiger partial charge < -0.3 is 4.74 Å². The molecule has 5 heteroatoms. The van der Waals surface area contributed by atoms with Crippen molar-refractivity contribution in [2.75, 3.05) is 7.11 Å². The maximum absolute atomic E-state index is 5.57. The van der Waals surface area contributed by atoms with Gasteiger partial charge in [0, 0.05) is 5.69 Å². The third-order valence-corrected chi connectivity index (χ3v) is 10.2. The lowest BCUT2D eigenvalue weighted by Crippen LogP contribution is -2.32. The van der Waals surface area contributed by atoms with Gasteiger partial charge in [-0.15, -0.1) is 5.10 Å². The van der Waals surface area contributed by atoms with Crippen LogP contribution < -0.4 is 20.7 Å². The summed E-state index contributed by atoms with van der Waals surface area (Å²) in [7, 11) is -0.373. The van der Waals surface area contributed by atoms with E-state index in [2.05, 4.69) is 91.0 Å². The summed E-state index contributed by atoms with van der Waals surface area (Å²) < 4.78 is 7.46. The predicted molar refractivity (Wildman–Crippen MR) is 133 cm³/mol. The summed E-state index contributed by atoms with van der Waals surface area (Å²) in [6.07, 6.45) is 0.731. The number of pyridine rings is 1. The Hall–Kier alpha value is -3.49. The second kappa shape index (κ2) is 8.57. The maximum Gasteiger partial charge on any atom is 0.198 e. The molecule has 0 aliphatic rings. The fraction of sp³-hybridized carbons (Fsp3) is 0.111. The number of benzene rings is 3. The topological polar surface area (TPSA) is 39.4 Å². The van der Waals surface area contributed by atoms with E-state index in [1.54, 1.807) is 7.11 Å². The van der Waals surface area contributed by atoms with Crippen molar-refractivity contribution in [3.8, 4) is 5.75 Å². The zero-order valence-electron chi connectivity index (χ0n) is 18.2. The molecule has 0 amide bonds. The average Bonchev–Trinajstić information content (AvgIpc) is 3.29. The number of hydrogen-bond donors (Lipinski definition) is 0. The van der Waals surface area contributed by atoms with Gasteiger partial charge in [-0.05, 0) is 55.5 Å². The standard InChI is InChI=1S/C27H25N3OP/c1-21-18-19-25(31-2)27-28-26(29-30(21)27)20-32(22-12-6-3-7-13-22,23-14-8-4-9-15-23)24-16-10-5-11-17-24/h3-19H,20H2,1-2H3/q+1. The first-order valence-electron chi connectivity index (χ1n) is 10.7. The van der Waals surface area contributed by atoms with Crippen molar-refractivity contribution in [3.63, 3.8) is 0 Å². The quantitative estimate of drug-likeness (QED) is 0.366. The van der Waals surface area contributed by atoms with Crippen molar-refractivity contribution in [2.45, 2.75) is 13.1 Å². The number of hydrogen-bond acceptors (Lipinski definition) is 3. The van der Waals surface area contributed by atoms with Crippen molar-refractivity contribution in [1.82, 2.24) is 14.6 Å². The monoisotopic (exact) mass is 438 g/mol. The summed E-state index contributed by atoms with van der Waals surface area (Å²) in [5, 5.41) is 8.89. The molecule has 32 heavy (non-hydrogen) atoms. The normalized spacial score (nSPS) is 11.6. The minimum absolute atomic E-state index is 0.731. The molecule has 158 valence electrons. The third-order valence-electron chi connectivity index (χ3n) is 5.87. The molecule has 5 rings (SSSR count). The number of ether oxygens (including phenoxy) is 1. The van der Waals surface area contributed by atoms with E-state index in [0.29, 0.717) is 0 Å². The first-order valence-corrected chi connectivity index (χ1v) is 12.6. The molecule has 0 aliphatic carbocycles. The van der Waals surface area contributed by atoms with Crippen molar-refractivity contribution >= 4 is 28.8 Å². The van der Waals surface area contributed by atoms with Gasteiger partial charge >= 0.3 is 0 Å². The molecule has 2 aromatic heterocycles. The van der Waals surface area contributed by atoms with Gasteiger partial charge in [-0.3, -0.25) is 0 Å². The van der Waals surface area contributed by atoms with Crippen LogP contribution in [0.15, 0.2) is 103 Å². The number of fused-ring (bicyclic) bond motifs is 1. The van der Waals surface area contributed by atoms with Crippen LogP contribution in [0, 0.1) is 6.92 Å². The molecule has 5 aromatic rings. The van der Waals surface area contributed by atoms with Crippen LogP contribution in [0.5, 0.6) is 5.75 Å². The Morgan fingerprint density at radius 2 is 1.22 bits per heavy atom. The predicted octanol–water partition coefficient (Wildman–Crippen LogP) is 4.54. The van der Waals surface area contributed by atoms with Crippen molar-refractivity contribution < 1.29 is 4.74 Å². The zero-order chi connectivity index (χ0) is 22.0. The molecular weight excluding hydrogens is 413 g/mol. The summed E-state index contributed by atoms with van der Waals surface area (Å²) in [6.45, 7) is 2.04. The second-order valence-electron chi connectivity index (χ2n) is 7.78. The van der Waals surface area contributed by atoms with Crippen LogP contribution in [0.1, 0.15) is 11.5 Å². The molecule has 0 spiro atoms. The van der Waals surface area contributed by atoms with Gasteiger partial charge in [0.2, 0.25) is 0 Å². The molecule has 0 N–H and O–H groups in total. The summed E-state index contributed by atoms with van der Waals surface area (Å²) in [4.78, 5) is 4.96. The van der Waals surface area contributed by atoms with Crippen LogP contribution in [0.25, 0.3) is 5.65 Å². The lowest BCUT2D eigenvalue weighted by atomic mass is 10.3. The van der Waals surface area contributed by atoms with Crippen LogP contribution in [0.2, 0.25) is 0 Å². The fourth-order valence-electron chi connectivity index (χ4n) is 4.31. The van der Waals surface area contributed by atoms with E-state index in [4.69, 9.17) is 14.8 Å². The van der Waals surface area contributed by atoms with E-state index < -0.39 is 7.26 Å². The summed E-state index contributed by atoms with van der Waals surface area (Å²) in [5.41, 5.74) is 1.79. The highest BCUT2D eigenvalue weighted by molar-refractivity contribution is 7.95. The molecule has 0 atom stereocenters. The van der Waals surface area contributed by atoms with E-state index >= 15 is 0 Å². The van der Waals surface area contributed by atoms with E-state index in [9.17, 15) is 0 Å². The molecule has 0 bridgehead atoms. The van der Waals surface area contributed by atoms with Gasteiger partial charge in [-0.2, -0.15) is 0 Å². The third kappa shape index (κ3) is 3.47. The lowest BCUT2D eigenvalue weighted by molar-refractivity contribution is 0.416. The number of aromatic nitrogens is 3. The van der Waals surface area contributed by atoms with Crippen molar-refractivity contribution in [3.05, 3.63) is 115 Å². The van der Waals surface area contributed by atoms with Crippen LogP contribution in [0.4, 0.5) is 0 Å². The largest absolute Gasteiger partial charge is 0.493 e. The molecule has 0 saturated heterocycles. The fourth-order valence-corrected chi connectivity index (χ4v) is 8.35. The molecule has 4 nitrogen and oxygen atoms in total. The number of nitrogens with zero attached hydrogens (tertiary/aromatic N) is 3. The number of rotatable bonds is 6. The SMILES string of the molecule is COc1ccc(C)n2nc(C[P+](c3ccccc3)(c3ccccc3)c3ccccc3)nc12. The van der Waals surface area contributed by atoms with Crippen molar-refractivity contribution in [1.29, 1.82) is 0 Å². The van der Waals surface area contributed by atoms with Crippen LogP contribution in [-0.4, -0.2) is 21.7 Å². The minimum Gasteiger partial charge on any atom is -0.493 e. The Balaban J connectivity index is 1.77. The van der Waals surface area contributed by atoms with E-state index in [0.717, 1.165) is 29.1 Å². The highest BCUT2D eigenvalue weighted by atomic mass is 31.2. The molecule has 2 heterocycles. The van der Waals surface area contributed by atoms with Gasteiger partial charge in [0.1, 0.15) is 29.3 Å². The Morgan fingerprint density at radius 3 is 1.69 bits per heavy atom. The highest BCUT2D eigenvalue weighted by Crippen LogP contribution is 2.57. The Labute approximate surface area is 188 Å². The molecule has 0 unspecified atom stereocenters. The molecule has 0 fully saturated rings. The zero-order valence-corrected chi connectivity index (χ0v) is 19.1. The summed E-state index contributed by atoms with van der Waals surface area (Å²) >= 11 is 0. The van der Waals surface area contributed by atoms with Crippen LogP contribution in [0.3, 0.4) is 0 Å². The van der Waals surface area contributed by atoms with Crippen molar-refractivity contribution in [2.24, 2.45) is 0 Å². The second-order valence-corrected chi connectivity index (χ2v) is 11.3. The van der Waals surface area contributed by atoms with Gasteiger partial charge in [0.25, 0.3) is 0 Å². The van der Waals surface area contributed by atoms with E-state index in [-0.39, 0.29) is 0 Å².